The number of hydrogen-bond donors (Lipinski definition) is 3. The summed E-state index contributed by atoms with van der Waals surface area (Å²) in [5, 5.41) is 10.6. The van der Waals surface area contributed by atoms with Gasteiger partial charge >= 0.3 is 0 Å². The second-order valence-corrected chi connectivity index (χ2v) is 4.32. The van der Waals surface area contributed by atoms with Crippen LogP contribution < -0.4 is 16.6 Å². The number of H-pyrrole nitrogens is 1. The molecule has 0 amide bonds. The lowest BCUT2D eigenvalue weighted by Gasteiger charge is -2.15. The van der Waals surface area contributed by atoms with E-state index in [9.17, 15) is 4.79 Å². The highest BCUT2D eigenvalue weighted by Crippen LogP contribution is 2.14. The van der Waals surface area contributed by atoms with Gasteiger partial charge in [0.1, 0.15) is 5.69 Å². The number of aromatic nitrogens is 3. The van der Waals surface area contributed by atoms with Crippen LogP contribution in [0.2, 0.25) is 0 Å². The monoisotopic (exact) mass is 211 g/mol. The molecule has 0 bridgehead atoms. The van der Waals surface area contributed by atoms with Gasteiger partial charge in [0.25, 0.3) is 5.56 Å². The molecule has 0 aliphatic carbocycles. The number of anilines is 1. The van der Waals surface area contributed by atoms with Gasteiger partial charge in [-0.25, -0.2) is 0 Å². The predicted octanol–water partition coefficient (Wildman–Crippen LogP) is -0.167. The van der Waals surface area contributed by atoms with Crippen LogP contribution in [0.1, 0.15) is 26.5 Å². The van der Waals surface area contributed by atoms with Crippen molar-refractivity contribution in [3.05, 3.63) is 16.0 Å². The largest absolute Gasteiger partial charge is 0.353 e. The Morgan fingerprint density at radius 1 is 1.40 bits per heavy atom. The molecule has 0 saturated carbocycles. The third-order valence-corrected chi connectivity index (χ3v) is 1.84. The summed E-state index contributed by atoms with van der Waals surface area (Å²) in [4.78, 5) is 14.2. The van der Waals surface area contributed by atoms with Gasteiger partial charge in [0.2, 0.25) is 5.95 Å². The molecule has 0 aliphatic rings. The smallest absolute Gasteiger partial charge is 0.274 e. The minimum Gasteiger partial charge on any atom is -0.353 e. The fourth-order valence-electron chi connectivity index (χ4n) is 1.10. The van der Waals surface area contributed by atoms with Crippen molar-refractivity contribution in [2.75, 3.05) is 18.4 Å². The first-order valence-corrected chi connectivity index (χ1v) is 4.86. The topological polar surface area (TPSA) is 96.7 Å². The maximum absolute atomic E-state index is 11.6. The molecule has 4 N–H and O–H groups in total. The zero-order valence-electron chi connectivity index (χ0n) is 9.29. The third kappa shape index (κ3) is 3.02. The molecule has 0 spiro atoms. The van der Waals surface area contributed by atoms with Crippen molar-refractivity contribution in [2.24, 2.45) is 5.73 Å². The van der Waals surface area contributed by atoms with Gasteiger partial charge in [-0.3, -0.25) is 9.78 Å². The minimum atomic E-state index is -0.299. The Bertz CT molecular complexity index is 379. The van der Waals surface area contributed by atoms with Gasteiger partial charge in [-0.15, -0.1) is 10.2 Å². The molecule has 0 aliphatic heterocycles. The molecule has 84 valence electrons. The zero-order chi connectivity index (χ0) is 11.5. The molecule has 0 radical (unpaired) electrons. The van der Waals surface area contributed by atoms with E-state index >= 15 is 0 Å². The van der Waals surface area contributed by atoms with Crippen LogP contribution in [-0.4, -0.2) is 28.3 Å². The summed E-state index contributed by atoms with van der Waals surface area (Å²) < 4.78 is 0. The summed E-state index contributed by atoms with van der Waals surface area (Å²) in [6.45, 7) is 6.78. The Hall–Kier alpha value is -1.43. The molecule has 0 atom stereocenters. The van der Waals surface area contributed by atoms with Crippen LogP contribution in [0, 0.1) is 0 Å². The Balaban J connectivity index is 2.94. The van der Waals surface area contributed by atoms with Gasteiger partial charge in [-0.05, 0) is 0 Å². The third-order valence-electron chi connectivity index (χ3n) is 1.84. The Morgan fingerprint density at radius 2 is 2.07 bits per heavy atom. The summed E-state index contributed by atoms with van der Waals surface area (Å²) in [5.74, 6) is 0.360. The average molecular weight is 211 g/mol. The van der Waals surface area contributed by atoms with Crippen molar-refractivity contribution < 1.29 is 0 Å². The van der Waals surface area contributed by atoms with E-state index in [1.54, 1.807) is 0 Å². The van der Waals surface area contributed by atoms with Gasteiger partial charge < -0.3 is 11.1 Å². The first kappa shape index (κ1) is 11.6. The first-order valence-electron chi connectivity index (χ1n) is 4.86. The van der Waals surface area contributed by atoms with E-state index in [1.165, 1.54) is 0 Å². The maximum Gasteiger partial charge on any atom is 0.274 e. The van der Waals surface area contributed by atoms with Crippen LogP contribution in [0.25, 0.3) is 0 Å². The summed E-state index contributed by atoms with van der Waals surface area (Å²) in [5.41, 5.74) is 5.23. The standard InChI is InChI=1S/C9H17N5O/c1-9(2,3)6-7(15)12-8(14-13-6)11-5-4-10/h4-5,10H2,1-3H3,(H2,11,12,14,15). The molecular formula is C9H17N5O. The lowest BCUT2D eigenvalue weighted by molar-refractivity contribution is 0.547. The highest BCUT2D eigenvalue weighted by molar-refractivity contribution is 5.22. The van der Waals surface area contributed by atoms with Crippen LogP contribution in [-0.2, 0) is 5.41 Å². The Labute approximate surface area is 88.3 Å². The van der Waals surface area contributed by atoms with Crippen LogP contribution >= 0.6 is 0 Å². The van der Waals surface area contributed by atoms with Crippen LogP contribution in [0.5, 0.6) is 0 Å². The zero-order valence-corrected chi connectivity index (χ0v) is 9.29. The highest BCUT2D eigenvalue weighted by atomic mass is 16.1. The number of aromatic amines is 1. The van der Waals surface area contributed by atoms with Gasteiger partial charge in [0.15, 0.2) is 0 Å². The van der Waals surface area contributed by atoms with Gasteiger partial charge in [-0.1, -0.05) is 20.8 Å². The quantitative estimate of drug-likeness (QED) is 0.645. The molecule has 6 nitrogen and oxygen atoms in total. The van der Waals surface area contributed by atoms with Crippen LogP contribution in [0.3, 0.4) is 0 Å². The normalized spacial score (nSPS) is 11.5. The molecule has 6 heteroatoms. The number of nitrogens with two attached hydrogens (primary N) is 1. The second-order valence-electron chi connectivity index (χ2n) is 4.32. The van der Waals surface area contributed by atoms with E-state index in [1.807, 2.05) is 20.8 Å². The molecule has 0 saturated heterocycles. The molecular weight excluding hydrogens is 194 g/mol. The van der Waals surface area contributed by atoms with Crippen LogP contribution in [0.4, 0.5) is 5.95 Å². The lowest BCUT2D eigenvalue weighted by Crippen LogP contribution is -2.29. The van der Waals surface area contributed by atoms with E-state index in [0.29, 0.717) is 24.7 Å². The molecule has 0 fully saturated rings. The van der Waals surface area contributed by atoms with E-state index in [0.717, 1.165) is 0 Å². The Morgan fingerprint density at radius 3 is 2.53 bits per heavy atom. The molecule has 1 rings (SSSR count). The lowest BCUT2D eigenvalue weighted by atomic mass is 9.93. The Kier molecular flexibility index (Phi) is 3.41. The van der Waals surface area contributed by atoms with Gasteiger partial charge in [-0.2, -0.15) is 0 Å². The number of nitrogens with zero attached hydrogens (tertiary/aromatic N) is 2. The molecule has 15 heavy (non-hydrogen) atoms. The fraction of sp³-hybridized carbons (Fsp3) is 0.667. The van der Waals surface area contributed by atoms with E-state index < -0.39 is 0 Å². The average Bonchev–Trinajstić information content (AvgIpc) is 2.12. The molecule has 1 heterocycles. The summed E-state index contributed by atoms with van der Waals surface area (Å²) in [6.07, 6.45) is 0. The SMILES string of the molecule is CC(C)(C)c1nnc(NCCN)[nH]c1=O. The molecule has 0 aromatic carbocycles. The van der Waals surface area contributed by atoms with Crippen molar-refractivity contribution in [1.29, 1.82) is 0 Å². The van der Waals surface area contributed by atoms with Crippen molar-refractivity contribution >= 4 is 5.95 Å². The van der Waals surface area contributed by atoms with Crippen molar-refractivity contribution in [3.8, 4) is 0 Å². The highest BCUT2D eigenvalue weighted by Gasteiger charge is 2.20. The number of nitrogens with one attached hydrogen (secondary N) is 2. The summed E-state index contributed by atoms with van der Waals surface area (Å²) >= 11 is 0. The summed E-state index contributed by atoms with van der Waals surface area (Å²) in [6, 6.07) is 0. The van der Waals surface area contributed by atoms with Gasteiger partial charge in [0, 0.05) is 18.5 Å². The van der Waals surface area contributed by atoms with E-state index in [-0.39, 0.29) is 11.0 Å². The first-order chi connectivity index (χ1) is 6.95. The second kappa shape index (κ2) is 4.39. The molecule has 0 unspecified atom stereocenters. The van der Waals surface area contributed by atoms with E-state index in [2.05, 4.69) is 20.5 Å². The van der Waals surface area contributed by atoms with Crippen LogP contribution in [0.15, 0.2) is 4.79 Å². The van der Waals surface area contributed by atoms with Crippen molar-refractivity contribution in [2.45, 2.75) is 26.2 Å². The van der Waals surface area contributed by atoms with Gasteiger partial charge in [0.05, 0.1) is 0 Å². The minimum absolute atomic E-state index is 0.211. The number of hydrogen-bond acceptors (Lipinski definition) is 5. The fourth-order valence-corrected chi connectivity index (χ4v) is 1.10. The number of rotatable bonds is 3. The van der Waals surface area contributed by atoms with Crippen molar-refractivity contribution in [3.63, 3.8) is 0 Å². The maximum atomic E-state index is 11.6. The molecule has 1 aromatic rings. The van der Waals surface area contributed by atoms with E-state index in [4.69, 9.17) is 5.73 Å². The molecule has 1 aromatic heterocycles. The predicted molar refractivity (Wildman–Crippen MR) is 58.9 cm³/mol. The summed E-state index contributed by atoms with van der Waals surface area (Å²) in [7, 11) is 0. The van der Waals surface area contributed by atoms with Crippen molar-refractivity contribution in [1.82, 2.24) is 15.2 Å².